The number of nitrogens with one attached hydrogen (secondary N) is 1. The minimum atomic E-state index is 0. The van der Waals surface area contributed by atoms with Crippen LogP contribution in [0, 0.1) is 0 Å². The topological polar surface area (TPSA) is 42.7 Å². The Labute approximate surface area is 96.9 Å². The minimum absolute atomic E-state index is 0. The zero-order chi connectivity index (χ0) is 9.97. The lowest BCUT2D eigenvalue weighted by molar-refractivity contribution is 0.342. The van der Waals surface area contributed by atoms with Gasteiger partial charge in [0.25, 0.3) is 0 Å². The first kappa shape index (κ1) is 12.5. The summed E-state index contributed by atoms with van der Waals surface area (Å²) in [6.07, 6.45) is 5.37. The second-order valence-electron chi connectivity index (χ2n) is 4.08. The highest BCUT2D eigenvalue weighted by Crippen LogP contribution is 2.26. The fourth-order valence-electron chi connectivity index (χ4n) is 2.21. The molecule has 0 unspecified atom stereocenters. The molecule has 2 atom stereocenters. The van der Waals surface area contributed by atoms with Crippen LogP contribution in [0.3, 0.4) is 0 Å². The first-order valence-corrected chi connectivity index (χ1v) is 5.38. The molecule has 1 N–H and O–H groups in total. The number of hydrogen-bond acceptors (Lipinski definition) is 3. The van der Waals surface area contributed by atoms with E-state index in [0.717, 1.165) is 12.4 Å². The third-order valence-electron chi connectivity index (χ3n) is 3.10. The lowest BCUT2D eigenvalue weighted by Crippen LogP contribution is -2.37. The van der Waals surface area contributed by atoms with E-state index in [1.165, 1.54) is 19.3 Å². The molecule has 0 radical (unpaired) electrons. The molecule has 1 saturated heterocycles. The van der Waals surface area contributed by atoms with Gasteiger partial charge < -0.3 is 9.88 Å². The van der Waals surface area contributed by atoms with Gasteiger partial charge in [0.2, 0.25) is 0 Å². The maximum absolute atomic E-state index is 4.19. The van der Waals surface area contributed by atoms with Crippen LogP contribution in [0.2, 0.25) is 0 Å². The molecular weight excluding hydrogens is 212 g/mol. The lowest BCUT2D eigenvalue weighted by atomic mass is 9.90. The summed E-state index contributed by atoms with van der Waals surface area (Å²) >= 11 is 0. The van der Waals surface area contributed by atoms with Gasteiger partial charge in [0.1, 0.15) is 12.2 Å². The summed E-state index contributed by atoms with van der Waals surface area (Å²) in [4.78, 5) is 0. The quantitative estimate of drug-likeness (QED) is 0.837. The van der Waals surface area contributed by atoms with Gasteiger partial charge in [-0.25, -0.2) is 0 Å². The van der Waals surface area contributed by atoms with Crippen LogP contribution < -0.4 is 5.32 Å². The third kappa shape index (κ3) is 2.69. The minimum Gasteiger partial charge on any atom is -0.320 e. The molecule has 2 heterocycles. The fourth-order valence-corrected chi connectivity index (χ4v) is 2.21. The highest BCUT2D eigenvalue weighted by atomic mass is 35.5. The lowest BCUT2D eigenvalue weighted by Gasteiger charge is -2.28. The molecule has 0 aliphatic carbocycles. The summed E-state index contributed by atoms with van der Waals surface area (Å²) < 4.78 is 2.04. The highest BCUT2D eigenvalue weighted by Gasteiger charge is 2.24. The summed E-state index contributed by atoms with van der Waals surface area (Å²) in [7, 11) is 2.03. The van der Waals surface area contributed by atoms with Crippen LogP contribution in [0.4, 0.5) is 0 Å². The summed E-state index contributed by atoms with van der Waals surface area (Å²) in [6.45, 7) is 3.34. The third-order valence-corrected chi connectivity index (χ3v) is 3.10. The smallest absolute Gasteiger partial charge is 0.135 e. The zero-order valence-electron chi connectivity index (χ0n) is 9.31. The zero-order valence-corrected chi connectivity index (χ0v) is 10.1. The molecular formula is C10H19ClN4. The average Bonchev–Trinajstić information content (AvgIpc) is 2.65. The summed E-state index contributed by atoms with van der Waals surface area (Å²) in [5.41, 5.74) is 0. The number of halogens is 1. The second-order valence-corrected chi connectivity index (χ2v) is 4.08. The van der Waals surface area contributed by atoms with Gasteiger partial charge in [-0.15, -0.1) is 22.6 Å². The van der Waals surface area contributed by atoms with E-state index in [2.05, 4.69) is 22.4 Å². The van der Waals surface area contributed by atoms with E-state index >= 15 is 0 Å². The summed E-state index contributed by atoms with van der Waals surface area (Å²) in [5, 5.41) is 11.7. The van der Waals surface area contributed by atoms with Crippen LogP contribution in [-0.4, -0.2) is 27.4 Å². The normalized spacial score (nSPS) is 26.0. The van der Waals surface area contributed by atoms with Gasteiger partial charge >= 0.3 is 0 Å². The molecule has 5 heteroatoms. The fraction of sp³-hybridized carbons (Fsp3) is 0.800. The average molecular weight is 231 g/mol. The van der Waals surface area contributed by atoms with E-state index in [4.69, 9.17) is 0 Å². The Hall–Kier alpha value is -0.610. The van der Waals surface area contributed by atoms with Crippen molar-refractivity contribution in [2.24, 2.45) is 7.05 Å². The predicted octanol–water partition coefficient (Wildman–Crippen LogP) is 1.48. The summed E-state index contributed by atoms with van der Waals surface area (Å²) in [5.74, 6) is 1.73. The molecule has 4 nitrogen and oxygen atoms in total. The van der Waals surface area contributed by atoms with Gasteiger partial charge in [-0.2, -0.15) is 0 Å². The van der Waals surface area contributed by atoms with E-state index in [1.807, 2.05) is 11.6 Å². The van der Waals surface area contributed by atoms with Gasteiger partial charge in [-0.05, 0) is 25.8 Å². The second kappa shape index (κ2) is 5.47. The van der Waals surface area contributed by atoms with E-state index in [9.17, 15) is 0 Å². The number of hydrogen-bond donors (Lipinski definition) is 1. The Morgan fingerprint density at radius 3 is 3.00 bits per heavy atom. The largest absolute Gasteiger partial charge is 0.320 e. The van der Waals surface area contributed by atoms with Gasteiger partial charge in [0.05, 0.1) is 0 Å². The molecule has 0 amide bonds. The maximum Gasteiger partial charge on any atom is 0.135 e. The Morgan fingerprint density at radius 1 is 1.60 bits per heavy atom. The van der Waals surface area contributed by atoms with Crippen molar-refractivity contribution >= 4 is 12.4 Å². The maximum atomic E-state index is 4.19. The van der Waals surface area contributed by atoms with Crippen LogP contribution in [0.25, 0.3) is 0 Å². The monoisotopic (exact) mass is 230 g/mol. The van der Waals surface area contributed by atoms with Crippen molar-refractivity contribution in [3.8, 4) is 0 Å². The molecule has 1 aliphatic rings. The van der Waals surface area contributed by atoms with E-state index < -0.39 is 0 Å². The molecule has 15 heavy (non-hydrogen) atoms. The van der Waals surface area contributed by atoms with Gasteiger partial charge in [-0.3, -0.25) is 0 Å². The molecule has 1 fully saturated rings. The van der Waals surface area contributed by atoms with E-state index in [1.54, 1.807) is 6.33 Å². The van der Waals surface area contributed by atoms with Crippen molar-refractivity contribution in [2.75, 3.05) is 6.54 Å². The molecule has 1 aromatic heterocycles. The SMILES string of the molecule is CC[C@@H]1C[C@H](c2nncn2C)CCN1.Cl. The standard InChI is InChI=1S/C10H18N4.ClH/c1-3-9-6-8(4-5-11-9)10-13-12-7-14(10)2;/h7-9,11H,3-6H2,1-2H3;1H/t8-,9-;/m1./s1. The molecule has 1 aromatic rings. The van der Waals surface area contributed by atoms with Crippen molar-refractivity contribution < 1.29 is 0 Å². The van der Waals surface area contributed by atoms with Crippen molar-refractivity contribution in [3.05, 3.63) is 12.2 Å². The van der Waals surface area contributed by atoms with Crippen LogP contribution >= 0.6 is 12.4 Å². The number of nitrogens with zero attached hydrogens (tertiary/aromatic N) is 3. The first-order valence-electron chi connectivity index (χ1n) is 5.38. The highest BCUT2D eigenvalue weighted by molar-refractivity contribution is 5.85. The Morgan fingerprint density at radius 2 is 2.40 bits per heavy atom. The van der Waals surface area contributed by atoms with Gasteiger partial charge in [-0.1, -0.05) is 6.92 Å². The molecule has 0 aromatic carbocycles. The Kier molecular flexibility index (Phi) is 4.54. The molecule has 86 valence electrons. The molecule has 0 spiro atoms. The number of aryl methyl sites for hydroxylation is 1. The van der Waals surface area contributed by atoms with Crippen LogP contribution in [-0.2, 0) is 7.05 Å². The van der Waals surface area contributed by atoms with Gasteiger partial charge in [0, 0.05) is 19.0 Å². The van der Waals surface area contributed by atoms with E-state index in [0.29, 0.717) is 12.0 Å². The Bertz CT molecular complexity index is 299. The van der Waals surface area contributed by atoms with Gasteiger partial charge in [0.15, 0.2) is 0 Å². The molecule has 2 rings (SSSR count). The van der Waals surface area contributed by atoms with Crippen LogP contribution in [0.5, 0.6) is 0 Å². The van der Waals surface area contributed by atoms with Crippen LogP contribution in [0.15, 0.2) is 6.33 Å². The number of rotatable bonds is 2. The molecule has 0 bridgehead atoms. The molecule has 0 saturated carbocycles. The van der Waals surface area contributed by atoms with Crippen molar-refractivity contribution in [1.82, 2.24) is 20.1 Å². The van der Waals surface area contributed by atoms with Crippen molar-refractivity contribution in [3.63, 3.8) is 0 Å². The predicted molar refractivity (Wildman–Crippen MR) is 62.3 cm³/mol. The van der Waals surface area contributed by atoms with Crippen molar-refractivity contribution in [2.45, 2.75) is 38.1 Å². The Balaban J connectivity index is 0.00000112. The number of aromatic nitrogens is 3. The van der Waals surface area contributed by atoms with E-state index in [-0.39, 0.29) is 12.4 Å². The number of piperidine rings is 1. The summed E-state index contributed by atoms with van der Waals surface area (Å²) in [6, 6.07) is 0.658. The first-order chi connectivity index (χ1) is 6.81. The molecule has 1 aliphatic heterocycles. The van der Waals surface area contributed by atoms with Crippen LogP contribution in [0.1, 0.15) is 37.9 Å². The van der Waals surface area contributed by atoms with Crippen molar-refractivity contribution in [1.29, 1.82) is 0 Å².